The first-order chi connectivity index (χ1) is 8.24. The molecule has 0 radical (unpaired) electrons. The fraction of sp³-hybridized carbons (Fsp3) is 0.500. The van der Waals surface area contributed by atoms with Crippen molar-refractivity contribution in [1.29, 1.82) is 0 Å². The van der Waals surface area contributed by atoms with Crippen molar-refractivity contribution in [3.63, 3.8) is 0 Å². The van der Waals surface area contributed by atoms with Crippen LogP contribution >= 0.6 is 28.1 Å². The van der Waals surface area contributed by atoms with Crippen LogP contribution in [0.1, 0.15) is 33.3 Å². The molecule has 0 saturated carbocycles. The number of anilines is 1. The highest BCUT2D eigenvalue weighted by Crippen LogP contribution is 2.29. The van der Waals surface area contributed by atoms with E-state index in [1.165, 1.54) is 0 Å². The van der Waals surface area contributed by atoms with Gasteiger partial charge in [0.2, 0.25) is 0 Å². The molecule has 2 nitrogen and oxygen atoms in total. The molecule has 1 aromatic rings. The molecule has 0 heterocycles. The lowest BCUT2D eigenvalue weighted by Gasteiger charge is -2.30. The van der Waals surface area contributed by atoms with Crippen LogP contribution in [0, 0.1) is 11.3 Å². The van der Waals surface area contributed by atoms with E-state index in [4.69, 9.17) is 18.0 Å². The Morgan fingerprint density at radius 1 is 1.44 bits per heavy atom. The van der Waals surface area contributed by atoms with Gasteiger partial charge >= 0.3 is 0 Å². The van der Waals surface area contributed by atoms with Crippen LogP contribution in [-0.4, -0.2) is 11.5 Å². The lowest BCUT2D eigenvalue weighted by molar-refractivity contribution is 0.269. The summed E-state index contributed by atoms with van der Waals surface area (Å²) in [5.41, 5.74) is 7.81. The molecule has 0 atom stereocenters. The normalized spacial score (nSPS) is 11.7. The number of halogens is 1. The molecule has 3 N–H and O–H groups in total. The summed E-state index contributed by atoms with van der Waals surface area (Å²) in [6.45, 7) is 9.94. The van der Waals surface area contributed by atoms with Gasteiger partial charge < -0.3 is 11.1 Å². The van der Waals surface area contributed by atoms with Crippen LogP contribution in [0.2, 0.25) is 0 Å². The quantitative estimate of drug-likeness (QED) is 0.796. The zero-order valence-electron chi connectivity index (χ0n) is 11.4. The van der Waals surface area contributed by atoms with Crippen LogP contribution in [0.3, 0.4) is 0 Å². The van der Waals surface area contributed by atoms with Crippen LogP contribution in [0.4, 0.5) is 5.69 Å². The molecular weight excluding hydrogens is 308 g/mol. The van der Waals surface area contributed by atoms with Crippen LogP contribution < -0.4 is 11.1 Å². The minimum absolute atomic E-state index is 0.251. The Balaban J connectivity index is 2.78. The van der Waals surface area contributed by atoms with Crippen LogP contribution in [0.15, 0.2) is 22.7 Å². The highest BCUT2D eigenvalue weighted by Gasteiger charge is 2.22. The first kappa shape index (κ1) is 15.4. The molecule has 0 aromatic heterocycles. The van der Waals surface area contributed by atoms with Gasteiger partial charge in [-0.3, -0.25) is 0 Å². The average Bonchev–Trinajstić information content (AvgIpc) is 2.26. The summed E-state index contributed by atoms with van der Waals surface area (Å²) >= 11 is 8.50. The number of rotatable bonds is 5. The van der Waals surface area contributed by atoms with Gasteiger partial charge in [-0.05, 0) is 45.5 Å². The molecule has 4 heteroatoms. The Labute approximate surface area is 123 Å². The lowest BCUT2D eigenvalue weighted by atomic mass is 9.81. The van der Waals surface area contributed by atoms with Crippen molar-refractivity contribution in [2.45, 2.75) is 27.7 Å². The Morgan fingerprint density at radius 2 is 2.06 bits per heavy atom. The largest absolute Gasteiger partial charge is 0.389 e. The van der Waals surface area contributed by atoms with Gasteiger partial charge in [0, 0.05) is 22.3 Å². The highest BCUT2D eigenvalue weighted by atomic mass is 79.9. The van der Waals surface area contributed by atoms with Crippen molar-refractivity contribution in [2.75, 3.05) is 11.9 Å². The number of hydrogen-bond donors (Lipinski definition) is 2. The standard InChI is InChI=1S/C14H21BrN2S/c1-9(2)14(3,4)8-17-12-6-5-10(13(16)18)7-11(12)15/h5-7,9,17H,8H2,1-4H3,(H2,16,18). The maximum Gasteiger partial charge on any atom is 0.104 e. The topological polar surface area (TPSA) is 38.0 Å². The minimum Gasteiger partial charge on any atom is -0.389 e. The van der Waals surface area contributed by atoms with Crippen LogP contribution in [0.25, 0.3) is 0 Å². The second-order valence-electron chi connectivity index (χ2n) is 5.56. The van der Waals surface area contributed by atoms with Gasteiger partial charge in [-0.25, -0.2) is 0 Å². The molecule has 0 bridgehead atoms. The van der Waals surface area contributed by atoms with Crippen LogP contribution in [-0.2, 0) is 0 Å². The summed E-state index contributed by atoms with van der Waals surface area (Å²) in [5, 5.41) is 3.47. The summed E-state index contributed by atoms with van der Waals surface area (Å²) in [6, 6.07) is 5.90. The SMILES string of the molecule is CC(C)C(C)(C)CNc1ccc(C(N)=S)cc1Br. The molecule has 1 rings (SSSR count). The predicted molar refractivity (Wildman–Crippen MR) is 87.1 cm³/mol. The third-order valence-electron chi connectivity index (χ3n) is 3.55. The third kappa shape index (κ3) is 3.95. The molecule has 18 heavy (non-hydrogen) atoms. The fourth-order valence-corrected chi connectivity index (χ4v) is 1.98. The average molecular weight is 329 g/mol. The zero-order valence-corrected chi connectivity index (χ0v) is 13.8. The molecule has 0 aliphatic rings. The van der Waals surface area contributed by atoms with Gasteiger partial charge in [0.25, 0.3) is 0 Å². The lowest BCUT2D eigenvalue weighted by Crippen LogP contribution is -2.28. The molecule has 100 valence electrons. The molecule has 0 fully saturated rings. The van der Waals surface area contributed by atoms with Gasteiger partial charge in [-0.1, -0.05) is 39.9 Å². The van der Waals surface area contributed by atoms with E-state index in [0.29, 0.717) is 10.9 Å². The second kappa shape index (κ2) is 6.02. The molecule has 0 amide bonds. The van der Waals surface area contributed by atoms with E-state index in [2.05, 4.69) is 48.9 Å². The van der Waals surface area contributed by atoms with Crippen molar-refractivity contribution in [3.05, 3.63) is 28.2 Å². The van der Waals surface area contributed by atoms with Crippen molar-refractivity contribution >= 4 is 38.8 Å². The Bertz CT molecular complexity index is 441. The van der Waals surface area contributed by atoms with E-state index in [0.717, 1.165) is 22.3 Å². The summed E-state index contributed by atoms with van der Waals surface area (Å²) in [6.07, 6.45) is 0. The van der Waals surface area contributed by atoms with E-state index >= 15 is 0 Å². The van der Waals surface area contributed by atoms with E-state index in [9.17, 15) is 0 Å². The van der Waals surface area contributed by atoms with Gasteiger partial charge in [0.1, 0.15) is 4.99 Å². The highest BCUT2D eigenvalue weighted by molar-refractivity contribution is 9.10. The summed E-state index contributed by atoms with van der Waals surface area (Å²) < 4.78 is 0.993. The number of nitrogens with one attached hydrogen (secondary N) is 1. The maximum atomic E-state index is 5.61. The van der Waals surface area contributed by atoms with Crippen molar-refractivity contribution in [3.8, 4) is 0 Å². The monoisotopic (exact) mass is 328 g/mol. The minimum atomic E-state index is 0.251. The number of benzene rings is 1. The molecule has 0 unspecified atom stereocenters. The van der Waals surface area contributed by atoms with Gasteiger partial charge in [-0.15, -0.1) is 0 Å². The van der Waals surface area contributed by atoms with Crippen molar-refractivity contribution < 1.29 is 0 Å². The smallest absolute Gasteiger partial charge is 0.104 e. The molecular formula is C14H21BrN2S. The summed E-state index contributed by atoms with van der Waals surface area (Å²) in [7, 11) is 0. The van der Waals surface area contributed by atoms with E-state index in [1.54, 1.807) is 0 Å². The number of hydrogen-bond acceptors (Lipinski definition) is 2. The molecule has 0 saturated heterocycles. The Kier molecular flexibility index (Phi) is 5.17. The Hall–Kier alpha value is -0.610. The van der Waals surface area contributed by atoms with Crippen molar-refractivity contribution in [2.24, 2.45) is 17.1 Å². The van der Waals surface area contributed by atoms with Gasteiger partial charge in [-0.2, -0.15) is 0 Å². The van der Waals surface area contributed by atoms with Gasteiger partial charge in [0.15, 0.2) is 0 Å². The zero-order chi connectivity index (χ0) is 13.9. The van der Waals surface area contributed by atoms with E-state index < -0.39 is 0 Å². The van der Waals surface area contributed by atoms with Crippen molar-refractivity contribution in [1.82, 2.24) is 0 Å². The summed E-state index contributed by atoms with van der Waals surface area (Å²) in [5.74, 6) is 0.625. The first-order valence-electron chi connectivity index (χ1n) is 6.07. The number of thiocarbonyl (C=S) groups is 1. The molecule has 1 aromatic carbocycles. The molecule has 0 aliphatic carbocycles. The van der Waals surface area contributed by atoms with E-state index in [1.807, 2.05) is 18.2 Å². The van der Waals surface area contributed by atoms with Crippen LogP contribution in [0.5, 0.6) is 0 Å². The molecule has 0 spiro atoms. The Morgan fingerprint density at radius 3 is 2.50 bits per heavy atom. The predicted octanol–water partition coefficient (Wildman–Crippen LogP) is 4.18. The number of nitrogens with two attached hydrogens (primary N) is 1. The summed E-state index contributed by atoms with van der Waals surface area (Å²) in [4.78, 5) is 0.421. The molecule has 0 aliphatic heterocycles. The maximum absolute atomic E-state index is 5.61. The third-order valence-corrected chi connectivity index (χ3v) is 4.44. The van der Waals surface area contributed by atoms with E-state index in [-0.39, 0.29) is 5.41 Å². The van der Waals surface area contributed by atoms with Gasteiger partial charge in [0.05, 0.1) is 0 Å². The fourth-order valence-electron chi connectivity index (χ4n) is 1.34. The first-order valence-corrected chi connectivity index (χ1v) is 7.27. The second-order valence-corrected chi connectivity index (χ2v) is 6.85.